The molecule has 3 rings (SSSR count). The van der Waals surface area contributed by atoms with Crippen LogP contribution in [0.1, 0.15) is 43.4 Å². The number of hydrogen-bond donors (Lipinski definition) is 1. The van der Waals surface area contributed by atoms with Crippen LogP contribution < -0.4 is 5.32 Å². The maximum atomic E-state index is 12.8. The molecule has 1 aromatic rings. The van der Waals surface area contributed by atoms with E-state index in [1.165, 1.54) is 24.8 Å². The first kappa shape index (κ1) is 17.0. The fourth-order valence-corrected chi connectivity index (χ4v) is 3.81. The van der Waals surface area contributed by atoms with Gasteiger partial charge in [-0.1, -0.05) is 30.7 Å². The van der Waals surface area contributed by atoms with Gasteiger partial charge in [-0.15, -0.1) is 0 Å². The Kier molecular flexibility index (Phi) is 5.51. The molecule has 2 aliphatic heterocycles. The van der Waals surface area contributed by atoms with Gasteiger partial charge < -0.3 is 15.1 Å². The lowest BCUT2D eigenvalue weighted by Gasteiger charge is -2.36. The van der Waals surface area contributed by atoms with Crippen molar-refractivity contribution in [2.45, 2.75) is 38.6 Å². The van der Waals surface area contributed by atoms with E-state index in [1.807, 2.05) is 18.2 Å². The van der Waals surface area contributed by atoms with Crippen LogP contribution in [0.25, 0.3) is 0 Å². The van der Waals surface area contributed by atoms with Crippen molar-refractivity contribution in [3.8, 4) is 0 Å². The molecular weight excluding hydrogens is 302 g/mol. The highest BCUT2D eigenvalue weighted by molar-refractivity contribution is 5.88. The van der Waals surface area contributed by atoms with Gasteiger partial charge in [0.1, 0.15) is 6.04 Å². The number of benzene rings is 1. The summed E-state index contributed by atoms with van der Waals surface area (Å²) >= 11 is 0. The molecule has 1 fully saturated rings. The van der Waals surface area contributed by atoms with Crippen LogP contribution in [-0.2, 0) is 16.0 Å². The van der Waals surface area contributed by atoms with E-state index in [0.29, 0.717) is 13.1 Å². The number of nitrogens with one attached hydrogen (secondary N) is 1. The average Bonchev–Trinajstić information content (AvgIpc) is 2.61. The quantitative estimate of drug-likeness (QED) is 0.915. The number of fused-ring (bicyclic) bond motifs is 1. The van der Waals surface area contributed by atoms with Gasteiger partial charge in [-0.05, 0) is 43.5 Å². The van der Waals surface area contributed by atoms with Crippen LogP contribution in [0.4, 0.5) is 0 Å². The Bertz CT molecular complexity index is 596. The maximum Gasteiger partial charge on any atom is 0.247 e. The van der Waals surface area contributed by atoms with E-state index in [2.05, 4.69) is 16.3 Å². The third-order valence-electron chi connectivity index (χ3n) is 5.11. The minimum Gasteiger partial charge on any atom is -0.353 e. The normalized spacial score (nSPS) is 21.2. The highest BCUT2D eigenvalue weighted by Gasteiger charge is 2.34. The van der Waals surface area contributed by atoms with E-state index in [9.17, 15) is 9.59 Å². The number of amides is 2. The summed E-state index contributed by atoms with van der Waals surface area (Å²) in [5, 5.41) is 3.05. The summed E-state index contributed by atoms with van der Waals surface area (Å²) in [7, 11) is 0. The van der Waals surface area contributed by atoms with Crippen molar-refractivity contribution in [2.75, 3.05) is 32.7 Å². The topological polar surface area (TPSA) is 52.7 Å². The molecule has 24 heavy (non-hydrogen) atoms. The van der Waals surface area contributed by atoms with Crippen LogP contribution in [-0.4, -0.2) is 54.3 Å². The minimum absolute atomic E-state index is 0.0410. The molecule has 1 saturated heterocycles. The summed E-state index contributed by atoms with van der Waals surface area (Å²) in [6.45, 7) is 5.94. The highest BCUT2D eigenvalue weighted by atomic mass is 16.2. The first-order valence-electron chi connectivity index (χ1n) is 9.02. The summed E-state index contributed by atoms with van der Waals surface area (Å²) in [5.41, 5.74) is 2.14. The second kappa shape index (κ2) is 7.79. The van der Waals surface area contributed by atoms with Gasteiger partial charge in [0.15, 0.2) is 0 Å². The first-order chi connectivity index (χ1) is 11.7. The Morgan fingerprint density at radius 2 is 1.88 bits per heavy atom. The monoisotopic (exact) mass is 329 g/mol. The smallest absolute Gasteiger partial charge is 0.247 e. The fraction of sp³-hybridized carbons (Fsp3) is 0.579. The molecule has 5 heteroatoms. The molecule has 2 heterocycles. The number of nitrogens with zero attached hydrogens (tertiary/aromatic N) is 2. The number of carbonyl (C=O) groups is 2. The van der Waals surface area contributed by atoms with Crippen LogP contribution in [0.5, 0.6) is 0 Å². The number of carbonyl (C=O) groups excluding carboxylic acids is 2. The summed E-state index contributed by atoms with van der Waals surface area (Å²) in [5.74, 6) is -0.102. The predicted molar refractivity (Wildman–Crippen MR) is 93.6 cm³/mol. The van der Waals surface area contributed by atoms with Crippen molar-refractivity contribution >= 4 is 11.8 Å². The van der Waals surface area contributed by atoms with Crippen molar-refractivity contribution in [3.05, 3.63) is 35.4 Å². The van der Waals surface area contributed by atoms with Crippen LogP contribution in [0.2, 0.25) is 0 Å². The van der Waals surface area contributed by atoms with E-state index in [1.54, 1.807) is 11.8 Å². The SMILES string of the molecule is CC(=O)N1CCc2ccccc2C1C(=O)NCCN1CCCCC1. The zero-order valence-corrected chi connectivity index (χ0v) is 14.5. The third-order valence-corrected chi connectivity index (χ3v) is 5.11. The Morgan fingerprint density at radius 1 is 1.12 bits per heavy atom. The molecule has 1 unspecified atom stereocenters. The molecule has 1 aromatic carbocycles. The lowest BCUT2D eigenvalue weighted by atomic mass is 9.92. The Hall–Kier alpha value is -1.88. The highest BCUT2D eigenvalue weighted by Crippen LogP contribution is 2.29. The average molecular weight is 329 g/mol. The van der Waals surface area contributed by atoms with E-state index in [0.717, 1.165) is 31.6 Å². The molecule has 130 valence electrons. The van der Waals surface area contributed by atoms with Crippen molar-refractivity contribution < 1.29 is 9.59 Å². The second-order valence-electron chi connectivity index (χ2n) is 6.76. The summed E-state index contributed by atoms with van der Waals surface area (Å²) < 4.78 is 0. The zero-order chi connectivity index (χ0) is 16.9. The molecular formula is C19H27N3O2. The van der Waals surface area contributed by atoms with Gasteiger partial charge in [0.25, 0.3) is 0 Å². The first-order valence-corrected chi connectivity index (χ1v) is 9.02. The largest absolute Gasteiger partial charge is 0.353 e. The Labute approximate surface area is 144 Å². The molecule has 0 saturated carbocycles. The summed E-state index contributed by atoms with van der Waals surface area (Å²) in [6, 6.07) is 7.47. The number of rotatable bonds is 4. The van der Waals surface area contributed by atoms with Gasteiger partial charge in [0.2, 0.25) is 11.8 Å². The lowest BCUT2D eigenvalue weighted by molar-refractivity contribution is -0.139. The standard InChI is InChI=1S/C19H27N3O2/c1-15(23)22-13-9-16-7-3-4-8-17(16)18(22)19(24)20-10-14-21-11-5-2-6-12-21/h3-4,7-8,18H,2,5-6,9-14H2,1H3,(H,20,24). The number of likely N-dealkylation sites (tertiary alicyclic amines) is 1. The Balaban J connectivity index is 1.65. The van der Waals surface area contributed by atoms with E-state index in [4.69, 9.17) is 0 Å². The molecule has 2 aliphatic rings. The van der Waals surface area contributed by atoms with Gasteiger partial charge >= 0.3 is 0 Å². The van der Waals surface area contributed by atoms with Gasteiger partial charge in [-0.25, -0.2) is 0 Å². The number of hydrogen-bond acceptors (Lipinski definition) is 3. The molecule has 2 amide bonds. The van der Waals surface area contributed by atoms with Gasteiger partial charge in [0.05, 0.1) is 0 Å². The van der Waals surface area contributed by atoms with Crippen LogP contribution >= 0.6 is 0 Å². The van der Waals surface area contributed by atoms with Gasteiger partial charge in [-0.2, -0.15) is 0 Å². The van der Waals surface area contributed by atoms with Crippen molar-refractivity contribution in [3.63, 3.8) is 0 Å². The lowest BCUT2D eigenvalue weighted by Crippen LogP contribution is -2.47. The van der Waals surface area contributed by atoms with Gasteiger partial charge in [0, 0.05) is 26.6 Å². The van der Waals surface area contributed by atoms with E-state index >= 15 is 0 Å². The molecule has 0 aliphatic carbocycles. The molecule has 5 nitrogen and oxygen atoms in total. The van der Waals surface area contributed by atoms with Crippen molar-refractivity contribution in [2.24, 2.45) is 0 Å². The van der Waals surface area contributed by atoms with Gasteiger partial charge in [-0.3, -0.25) is 9.59 Å². The third kappa shape index (κ3) is 3.78. The van der Waals surface area contributed by atoms with E-state index < -0.39 is 6.04 Å². The minimum atomic E-state index is -0.492. The molecule has 0 spiro atoms. The molecule has 1 atom stereocenters. The fourth-order valence-electron chi connectivity index (χ4n) is 3.81. The molecule has 0 radical (unpaired) electrons. The number of piperidine rings is 1. The van der Waals surface area contributed by atoms with Crippen LogP contribution in [0.15, 0.2) is 24.3 Å². The van der Waals surface area contributed by atoms with Crippen molar-refractivity contribution in [1.29, 1.82) is 0 Å². The van der Waals surface area contributed by atoms with E-state index in [-0.39, 0.29) is 11.8 Å². The zero-order valence-electron chi connectivity index (χ0n) is 14.5. The van der Waals surface area contributed by atoms with Crippen LogP contribution in [0.3, 0.4) is 0 Å². The molecule has 0 bridgehead atoms. The molecule has 0 aromatic heterocycles. The predicted octanol–water partition coefficient (Wildman–Crippen LogP) is 1.73. The Morgan fingerprint density at radius 3 is 2.62 bits per heavy atom. The van der Waals surface area contributed by atoms with Crippen LogP contribution in [0, 0.1) is 0 Å². The summed E-state index contributed by atoms with van der Waals surface area (Å²) in [6.07, 6.45) is 4.63. The second-order valence-corrected chi connectivity index (χ2v) is 6.76. The summed E-state index contributed by atoms with van der Waals surface area (Å²) in [4.78, 5) is 28.9. The van der Waals surface area contributed by atoms with Crippen molar-refractivity contribution in [1.82, 2.24) is 15.1 Å². The maximum absolute atomic E-state index is 12.8. The molecule has 1 N–H and O–H groups in total.